The zero-order chi connectivity index (χ0) is 17.0. The molecule has 0 bridgehead atoms. The van der Waals surface area contributed by atoms with Crippen LogP contribution in [0.25, 0.3) is 0 Å². The standard InChI is InChI=1S/C17H23ClN2O3/c1-10-4-3-5-14(11(10)2)20-16(21)9-23-15-7-6-12(18)8-13(15)17(19)22/h6-8,10-11,14H,3-5,9H2,1-2H3,(H2,19,22)(H,20,21)/t10-,11+,14+/m1/s1. The van der Waals surface area contributed by atoms with Crippen molar-refractivity contribution < 1.29 is 14.3 Å². The minimum absolute atomic E-state index is 0.153. The van der Waals surface area contributed by atoms with Crippen molar-refractivity contribution in [2.75, 3.05) is 6.61 Å². The van der Waals surface area contributed by atoms with E-state index >= 15 is 0 Å². The molecule has 126 valence electrons. The Balaban J connectivity index is 1.93. The second-order valence-electron chi connectivity index (χ2n) is 6.23. The second-order valence-corrected chi connectivity index (χ2v) is 6.67. The van der Waals surface area contributed by atoms with Crippen molar-refractivity contribution in [3.05, 3.63) is 28.8 Å². The first-order chi connectivity index (χ1) is 10.9. The van der Waals surface area contributed by atoms with Crippen LogP contribution >= 0.6 is 11.6 Å². The highest BCUT2D eigenvalue weighted by molar-refractivity contribution is 6.31. The number of nitrogens with two attached hydrogens (primary N) is 1. The molecule has 1 aliphatic carbocycles. The fourth-order valence-electron chi connectivity index (χ4n) is 3.00. The second kappa shape index (κ2) is 7.68. The van der Waals surface area contributed by atoms with E-state index in [0.717, 1.165) is 12.8 Å². The molecule has 0 aliphatic heterocycles. The number of carbonyl (C=O) groups is 2. The SMILES string of the molecule is C[C@H]1[C@H](C)CCC[C@@H]1NC(=O)COc1ccc(Cl)cc1C(N)=O. The summed E-state index contributed by atoms with van der Waals surface area (Å²) in [4.78, 5) is 23.5. The lowest BCUT2D eigenvalue weighted by atomic mass is 9.78. The lowest BCUT2D eigenvalue weighted by Crippen LogP contribution is -2.45. The third kappa shape index (κ3) is 4.61. The minimum atomic E-state index is -0.641. The van der Waals surface area contributed by atoms with Crippen LogP contribution in [0.3, 0.4) is 0 Å². The van der Waals surface area contributed by atoms with E-state index in [0.29, 0.717) is 16.9 Å². The Hall–Kier alpha value is -1.75. The van der Waals surface area contributed by atoms with Crippen molar-refractivity contribution in [2.45, 2.75) is 39.2 Å². The average Bonchev–Trinajstić information content (AvgIpc) is 2.50. The van der Waals surface area contributed by atoms with Crippen molar-refractivity contribution in [1.29, 1.82) is 0 Å². The fourth-order valence-corrected chi connectivity index (χ4v) is 3.17. The highest BCUT2D eigenvalue weighted by Crippen LogP contribution is 2.29. The van der Waals surface area contributed by atoms with Gasteiger partial charge in [-0.2, -0.15) is 0 Å². The molecule has 2 rings (SSSR count). The van der Waals surface area contributed by atoms with E-state index in [-0.39, 0.29) is 29.9 Å². The molecule has 1 aromatic carbocycles. The fraction of sp³-hybridized carbons (Fsp3) is 0.529. The molecule has 0 aromatic heterocycles. The summed E-state index contributed by atoms with van der Waals surface area (Å²) < 4.78 is 5.45. The van der Waals surface area contributed by atoms with E-state index in [1.54, 1.807) is 12.1 Å². The van der Waals surface area contributed by atoms with Crippen molar-refractivity contribution in [3.63, 3.8) is 0 Å². The number of ether oxygens (including phenoxy) is 1. The lowest BCUT2D eigenvalue weighted by Gasteiger charge is -2.34. The smallest absolute Gasteiger partial charge is 0.258 e. The van der Waals surface area contributed by atoms with Crippen molar-refractivity contribution in [2.24, 2.45) is 17.6 Å². The Morgan fingerprint density at radius 3 is 2.78 bits per heavy atom. The minimum Gasteiger partial charge on any atom is -0.483 e. The Morgan fingerprint density at radius 2 is 2.09 bits per heavy atom. The van der Waals surface area contributed by atoms with Crippen LogP contribution in [-0.4, -0.2) is 24.5 Å². The Morgan fingerprint density at radius 1 is 1.35 bits per heavy atom. The molecule has 2 amide bonds. The van der Waals surface area contributed by atoms with Gasteiger partial charge in [0, 0.05) is 11.1 Å². The third-order valence-electron chi connectivity index (χ3n) is 4.62. The number of hydrogen-bond acceptors (Lipinski definition) is 3. The van der Waals surface area contributed by atoms with Gasteiger partial charge in [0.05, 0.1) is 5.56 Å². The normalized spacial score (nSPS) is 24.0. The quantitative estimate of drug-likeness (QED) is 0.866. The largest absolute Gasteiger partial charge is 0.483 e. The molecular weight excluding hydrogens is 316 g/mol. The topological polar surface area (TPSA) is 81.4 Å². The zero-order valence-corrected chi connectivity index (χ0v) is 14.2. The average molecular weight is 339 g/mol. The van der Waals surface area contributed by atoms with Crippen LogP contribution < -0.4 is 15.8 Å². The maximum absolute atomic E-state index is 12.1. The predicted molar refractivity (Wildman–Crippen MR) is 89.6 cm³/mol. The van der Waals surface area contributed by atoms with Crippen LogP contribution in [0.5, 0.6) is 5.75 Å². The Kier molecular flexibility index (Phi) is 5.88. The van der Waals surface area contributed by atoms with Gasteiger partial charge >= 0.3 is 0 Å². The Bertz CT molecular complexity index is 591. The number of primary amides is 1. The molecular formula is C17H23ClN2O3. The first-order valence-corrected chi connectivity index (χ1v) is 8.27. The highest BCUT2D eigenvalue weighted by Gasteiger charge is 2.28. The monoisotopic (exact) mass is 338 g/mol. The van der Waals surface area contributed by atoms with E-state index < -0.39 is 5.91 Å². The highest BCUT2D eigenvalue weighted by atomic mass is 35.5. The molecule has 0 spiro atoms. The third-order valence-corrected chi connectivity index (χ3v) is 4.85. The molecule has 3 N–H and O–H groups in total. The summed E-state index contributed by atoms with van der Waals surface area (Å²) in [6, 6.07) is 4.74. The number of halogens is 1. The predicted octanol–water partition coefficient (Wildman–Crippen LogP) is 2.76. The van der Waals surface area contributed by atoms with E-state index in [9.17, 15) is 9.59 Å². The maximum Gasteiger partial charge on any atom is 0.258 e. The Labute approximate surface area is 141 Å². The van der Waals surface area contributed by atoms with Crippen LogP contribution in [-0.2, 0) is 4.79 Å². The van der Waals surface area contributed by atoms with Gasteiger partial charge in [0.2, 0.25) is 0 Å². The van der Waals surface area contributed by atoms with Crippen LogP contribution in [0.2, 0.25) is 5.02 Å². The molecule has 0 heterocycles. The molecule has 5 nitrogen and oxygen atoms in total. The number of amides is 2. The molecule has 0 unspecified atom stereocenters. The molecule has 0 saturated heterocycles. The molecule has 1 aliphatic rings. The molecule has 6 heteroatoms. The summed E-state index contributed by atoms with van der Waals surface area (Å²) in [6.07, 6.45) is 3.32. The van der Waals surface area contributed by atoms with Crippen LogP contribution in [0.15, 0.2) is 18.2 Å². The van der Waals surface area contributed by atoms with E-state index in [1.165, 1.54) is 12.5 Å². The van der Waals surface area contributed by atoms with Gasteiger partial charge in [0.25, 0.3) is 11.8 Å². The van der Waals surface area contributed by atoms with Crippen LogP contribution in [0.1, 0.15) is 43.5 Å². The summed E-state index contributed by atoms with van der Waals surface area (Å²) in [7, 11) is 0. The van der Waals surface area contributed by atoms with Crippen molar-refractivity contribution >= 4 is 23.4 Å². The molecule has 1 fully saturated rings. The number of rotatable bonds is 5. The van der Waals surface area contributed by atoms with Crippen LogP contribution in [0.4, 0.5) is 0 Å². The van der Waals surface area contributed by atoms with Crippen LogP contribution in [0, 0.1) is 11.8 Å². The molecule has 1 aromatic rings. The van der Waals surface area contributed by atoms with Crippen molar-refractivity contribution in [1.82, 2.24) is 5.32 Å². The summed E-state index contributed by atoms with van der Waals surface area (Å²) in [6.45, 7) is 4.23. The van der Waals surface area contributed by atoms with Gasteiger partial charge in [-0.05, 0) is 36.5 Å². The molecule has 3 atom stereocenters. The first kappa shape index (κ1) is 17.6. The van der Waals surface area contributed by atoms with Crippen molar-refractivity contribution in [3.8, 4) is 5.75 Å². The zero-order valence-electron chi connectivity index (χ0n) is 13.5. The maximum atomic E-state index is 12.1. The van der Waals surface area contributed by atoms with Gasteiger partial charge in [-0.15, -0.1) is 0 Å². The molecule has 1 saturated carbocycles. The van der Waals surface area contributed by atoms with Gasteiger partial charge in [0.15, 0.2) is 6.61 Å². The summed E-state index contributed by atoms with van der Waals surface area (Å²) in [5.74, 6) is 0.484. The van der Waals surface area contributed by atoms with E-state index in [1.807, 2.05) is 0 Å². The van der Waals surface area contributed by atoms with E-state index in [2.05, 4.69) is 19.2 Å². The van der Waals surface area contributed by atoms with Gasteiger partial charge < -0.3 is 15.8 Å². The van der Waals surface area contributed by atoms with Gasteiger partial charge in [-0.25, -0.2) is 0 Å². The van der Waals surface area contributed by atoms with Gasteiger partial charge in [-0.3, -0.25) is 9.59 Å². The summed E-state index contributed by atoms with van der Waals surface area (Å²) in [5.41, 5.74) is 5.47. The number of hydrogen-bond donors (Lipinski definition) is 2. The number of benzene rings is 1. The summed E-state index contributed by atoms with van der Waals surface area (Å²) in [5, 5.41) is 3.41. The number of nitrogens with one attached hydrogen (secondary N) is 1. The van der Waals surface area contributed by atoms with Gasteiger partial charge in [0.1, 0.15) is 5.75 Å². The first-order valence-electron chi connectivity index (χ1n) is 7.90. The molecule has 23 heavy (non-hydrogen) atoms. The van der Waals surface area contributed by atoms with Gasteiger partial charge in [-0.1, -0.05) is 38.3 Å². The summed E-state index contributed by atoms with van der Waals surface area (Å²) >= 11 is 5.84. The lowest BCUT2D eigenvalue weighted by molar-refractivity contribution is -0.124. The van der Waals surface area contributed by atoms with E-state index in [4.69, 9.17) is 22.1 Å². The molecule has 0 radical (unpaired) electrons. The number of carbonyl (C=O) groups excluding carboxylic acids is 2.